The number of nitrogens with one attached hydrogen (secondary N) is 1. The molecule has 3 rings (SSSR count). The molecule has 1 aromatic carbocycles. The summed E-state index contributed by atoms with van der Waals surface area (Å²) in [6.45, 7) is 2.59. The van der Waals surface area contributed by atoms with Crippen molar-refractivity contribution < 1.29 is 14.6 Å². The molecule has 4 nitrogen and oxygen atoms in total. The standard InChI is InChI=1S/C14H19NO3/c16-8-12(10-3-5-15-6-4-10)11-1-2-13-14(7-11)18-9-17-13/h1-2,7,10,12,15-16H,3-6,8-9H2. The van der Waals surface area contributed by atoms with Crippen LogP contribution in [0.3, 0.4) is 0 Å². The zero-order valence-electron chi connectivity index (χ0n) is 10.4. The number of aliphatic hydroxyl groups excluding tert-OH is 1. The van der Waals surface area contributed by atoms with Crippen LogP contribution in [0.15, 0.2) is 18.2 Å². The summed E-state index contributed by atoms with van der Waals surface area (Å²) in [7, 11) is 0. The van der Waals surface area contributed by atoms with E-state index in [1.165, 1.54) is 0 Å². The van der Waals surface area contributed by atoms with Crippen molar-refractivity contribution in [3.05, 3.63) is 23.8 Å². The molecular formula is C14H19NO3. The third-order valence-electron chi connectivity index (χ3n) is 3.97. The first-order chi connectivity index (χ1) is 8.88. The molecule has 0 spiro atoms. The fraction of sp³-hybridized carbons (Fsp3) is 0.571. The van der Waals surface area contributed by atoms with Crippen LogP contribution in [-0.4, -0.2) is 31.6 Å². The number of ether oxygens (including phenoxy) is 2. The van der Waals surface area contributed by atoms with Gasteiger partial charge in [-0.25, -0.2) is 0 Å². The maximum atomic E-state index is 9.69. The molecule has 1 atom stereocenters. The fourth-order valence-corrected chi connectivity index (χ4v) is 2.92. The lowest BCUT2D eigenvalue weighted by Gasteiger charge is -2.29. The van der Waals surface area contributed by atoms with Gasteiger partial charge >= 0.3 is 0 Å². The zero-order valence-corrected chi connectivity index (χ0v) is 10.4. The smallest absolute Gasteiger partial charge is 0.231 e. The molecule has 0 bridgehead atoms. The third kappa shape index (κ3) is 2.18. The lowest BCUT2D eigenvalue weighted by molar-refractivity contribution is 0.173. The summed E-state index contributed by atoms with van der Waals surface area (Å²) in [5, 5.41) is 13.0. The topological polar surface area (TPSA) is 50.7 Å². The van der Waals surface area contributed by atoms with Crippen LogP contribution in [0.25, 0.3) is 0 Å². The molecule has 0 aromatic heterocycles. The highest BCUT2D eigenvalue weighted by molar-refractivity contribution is 5.45. The predicted octanol–water partition coefficient (Wildman–Crippen LogP) is 1.49. The van der Waals surface area contributed by atoms with E-state index in [2.05, 4.69) is 11.4 Å². The Hall–Kier alpha value is -1.26. The van der Waals surface area contributed by atoms with Crippen LogP contribution in [0.4, 0.5) is 0 Å². The van der Waals surface area contributed by atoms with E-state index in [9.17, 15) is 5.11 Å². The third-order valence-corrected chi connectivity index (χ3v) is 3.97. The second kappa shape index (κ2) is 5.16. The van der Waals surface area contributed by atoms with Gasteiger partial charge in [-0.1, -0.05) is 6.07 Å². The van der Waals surface area contributed by atoms with Crippen molar-refractivity contribution in [1.82, 2.24) is 5.32 Å². The highest BCUT2D eigenvalue weighted by Gasteiger charge is 2.26. The molecule has 0 radical (unpaired) electrons. The van der Waals surface area contributed by atoms with Gasteiger partial charge in [0.05, 0.1) is 6.61 Å². The van der Waals surface area contributed by atoms with Crippen molar-refractivity contribution in [2.24, 2.45) is 5.92 Å². The Kier molecular flexibility index (Phi) is 3.39. The van der Waals surface area contributed by atoms with Crippen LogP contribution < -0.4 is 14.8 Å². The first-order valence-corrected chi connectivity index (χ1v) is 6.59. The summed E-state index contributed by atoms with van der Waals surface area (Å²) in [6.07, 6.45) is 2.25. The van der Waals surface area contributed by atoms with Crippen LogP contribution in [0, 0.1) is 5.92 Å². The predicted molar refractivity (Wildman–Crippen MR) is 68.0 cm³/mol. The molecule has 1 aromatic rings. The number of piperidine rings is 1. The first-order valence-electron chi connectivity index (χ1n) is 6.59. The molecule has 2 heterocycles. The van der Waals surface area contributed by atoms with Gasteiger partial charge in [0, 0.05) is 5.92 Å². The molecule has 1 fully saturated rings. The second-order valence-corrected chi connectivity index (χ2v) is 4.99. The monoisotopic (exact) mass is 249 g/mol. The second-order valence-electron chi connectivity index (χ2n) is 4.99. The maximum Gasteiger partial charge on any atom is 0.231 e. The van der Waals surface area contributed by atoms with E-state index in [1.54, 1.807) is 0 Å². The highest BCUT2D eigenvalue weighted by Crippen LogP contribution is 2.38. The van der Waals surface area contributed by atoms with E-state index in [4.69, 9.17) is 9.47 Å². The Balaban J connectivity index is 1.82. The molecule has 2 N–H and O–H groups in total. The lowest BCUT2D eigenvalue weighted by atomic mass is 9.81. The maximum absolute atomic E-state index is 9.69. The molecule has 0 saturated carbocycles. The number of hydrogen-bond donors (Lipinski definition) is 2. The van der Waals surface area contributed by atoms with Gasteiger partial charge in [-0.15, -0.1) is 0 Å². The minimum atomic E-state index is 0.199. The Morgan fingerprint density at radius 1 is 1.22 bits per heavy atom. The highest BCUT2D eigenvalue weighted by atomic mass is 16.7. The summed E-state index contributed by atoms with van der Waals surface area (Å²) in [5.74, 6) is 2.37. The van der Waals surface area contributed by atoms with Gasteiger partial charge < -0.3 is 19.9 Å². The first kappa shape index (κ1) is 11.8. The SMILES string of the molecule is OCC(c1ccc2c(c1)OCO2)C1CCNCC1. The molecule has 0 amide bonds. The van der Waals surface area contributed by atoms with E-state index in [1.807, 2.05) is 12.1 Å². The molecule has 18 heavy (non-hydrogen) atoms. The average Bonchev–Trinajstić information content (AvgIpc) is 2.88. The van der Waals surface area contributed by atoms with Crippen LogP contribution >= 0.6 is 0 Å². The number of hydrogen-bond acceptors (Lipinski definition) is 4. The van der Waals surface area contributed by atoms with Crippen LogP contribution in [-0.2, 0) is 0 Å². The normalized spacial score (nSPS) is 20.9. The lowest BCUT2D eigenvalue weighted by Crippen LogP contribution is -2.32. The Morgan fingerprint density at radius 3 is 2.78 bits per heavy atom. The molecular weight excluding hydrogens is 230 g/mol. The average molecular weight is 249 g/mol. The van der Waals surface area contributed by atoms with E-state index < -0.39 is 0 Å². The van der Waals surface area contributed by atoms with Crippen molar-refractivity contribution >= 4 is 0 Å². The van der Waals surface area contributed by atoms with Gasteiger partial charge in [-0.2, -0.15) is 0 Å². The Morgan fingerprint density at radius 2 is 2.00 bits per heavy atom. The van der Waals surface area contributed by atoms with E-state index in [0.29, 0.717) is 12.7 Å². The van der Waals surface area contributed by atoms with Gasteiger partial charge in [0.25, 0.3) is 0 Å². The van der Waals surface area contributed by atoms with E-state index in [0.717, 1.165) is 43.0 Å². The Bertz CT molecular complexity index is 416. The number of rotatable bonds is 3. The molecule has 1 unspecified atom stereocenters. The Labute approximate surface area is 107 Å². The molecule has 4 heteroatoms. The molecule has 2 aliphatic rings. The van der Waals surface area contributed by atoms with Crippen molar-refractivity contribution in [1.29, 1.82) is 0 Å². The van der Waals surface area contributed by atoms with E-state index in [-0.39, 0.29) is 12.5 Å². The summed E-state index contributed by atoms with van der Waals surface area (Å²) in [4.78, 5) is 0. The molecule has 2 aliphatic heterocycles. The summed E-state index contributed by atoms with van der Waals surface area (Å²) in [5.41, 5.74) is 1.16. The number of aliphatic hydroxyl groups is 1. The minimum Gasteiger partial charge on any atom is -0.454 e. The summed E-state index contributed by atoms with van der Waals surface area (Å²) in [6, 6.07) is 6.02. The van der Waals surface area contributed by atoms with Crippen molar-refractivity contribution in [3.8, 4) is 11.5 Å². The van der Waals surface area contributed by atoms with Gasteiger partial charge in [-0.3, -0.25) is 0 Å². The molecule has 1 saturated heterocycles. The van der Waals surface area contributed by atoms with Gasteiger partial charge in [0.2, 0.25) is 6.79 Å². The van der Waals surface area contributed by atoms with Crippen LogP contribution in [0.5, 0.6) is 11.5 Å². The quantitative estimate of drug-likeness (QED) is 0.852. The van der Waals surface area contributed by atoms with Crippen molar-refractivity contribution in [2.45, 2.75) is 18.8 Å². The minimum absolute atomic E-state index is 0.199. The van der Waals surface area contributed by atoms with Crippen molar-refractivity contribution in [2.75, 3.05) is 26.5 Å². The number of fused-ring (bicyclic) bond motifs is 1. The van der Waals surface area contributed by atoms with Gasteiger partial charge in [0.15, 0.2) is 11.5 Å². The number of benzene rings is 1. The summed E-state index contributed by atoms with van der Waals surface area (Å²) >= 11 is 0. The molecule has 0 aliphatic carbocycles. The molecule has 98 valence electrons. The fourth-order valence-electron chi connectivity index (χ4n) is 2.92. The van der Waals surface area contributed by atoms with E-state index >= 15 is 0 Å². The van der Waals surface area contributed by atoms with Gasteiger partial charge in [-0.05, 0) is 49.5 Å². The van der Waals surface area contributed by atoms with Gasteiger partial charge in [0.1, 0.15) is 0 Å². The van der Waals surface area contributed by atoms with Crippen LogP contribution in [0.1, 0.15) is 24.3 Å². The zero-order chi connectivity index (χ0) is 12.4. The van der Waals surface area contributed by atoms with Crippen LogP contribution in [0.2, 0.25) is 0 Å². The van der Waals surface area contributed by atoms with Crippen molar-refractivity contribution in [3.63, 3.8) is 0 Å². The summed E-state index contributed by atoms with van der Waals surface area (Å²) < 4.78 is 10.7. The largest absolute Gasteiger partial charge is 0.454 e.